The van der Waals surface area contributed by atoms with Crippen molar-refractivity contribution in [2.45, 2.75) is 18.8 Å². The molecule has 0 radical (unpaired) electrons. The smallest absolute Gasteiger partial charge is 0.410 e. The minimum atomic E-state index is -0.388. The van der Waals surface area contributed by atoms with Crippen molar-refractivity contribution < 1.29 is 14.3 Å². The summed E-state index contributed by atoms with van der Waals surface area (Å²) in [4.78, 5) is 24.7. The fourth-order valence-electron chi connectivity index (χ4n) is 3.04. The molecular formula is C20H21NO3. The molecule has 0 spiro atoms. The number of benzene rings is 2. The van der Waals surface area contributed by atoms with Crippen LogP contribution in [0.5, 0.6) is 0 Å². The molecular weight excluding hydrogens is 302 g/mol. The molecule has 0 N–H and O–H groups in total. The van der Waals surface area contributed by atoms with E-state index in [2.05, 4.69) is 24.3 Å². The number of carbonyl (C=O) groups is 2. The van der Waals surface area contributed by atoms with Crippen LogP contribution in [0.3, 0.4) is 0 Å². The fraction of sp³-hybridized carbons (Fsp3) is 0.300. The molecule has 0 bridgehead atoms. The monoisotopic (exact) mass is 323 g/mol. The number of hydrogen-bond acceptors (Lipinski definition) is 3. The van der Waals surface area contributed by atoms with Crippen molar-refractivity contribution in [2.75, 3.05) is 19.7 Å². The lowest BCUT2D eigenvalue weighted by atomic mass is 9.89. The van der Waals surface area contributed by atoms with Crippen molar-refractivity contribution in [3.05, 3.63) is 71.8 Å². The van der Waals surface area contributed by atoms with E-state index in [1.54, 1.807) is 0 Å². The van der Waals surface area contributed by atoms with Gasteiger partial charge >= 0.3 is 6.09 Å². The molecule has 24 heavy (non-hydrogen) atoms. The Bertz CT molecular complexity index is 645. The molecule has 1 saturated heterocycles. The van der Waals surface area contributed by atoms with Gasteiger partial charge in [0.2, 0.25) is 0 Å². The van der Waals surface area contributed by atoms with Crippen molar-refractivity contribution in [1.82, 2.24) is 4.90 Å². The normalized spacial score (nSPS) is 14.2. The molecule has 0 aliphatic carbocycles. The molecule has 0 unspecified atom stereocenters. The predicted molar refractivity (Wildman–Crippen MR) is 91.9 cm³/mol. The highest BCUT2D eigenvalue weighted by Gasteiger charge is 2.25. The van der Waals surface area contributed by atoms with Crippen LogP contribution < -0.4 is 0 Å². The van der Waals surface area contributed by atoms with Gasteiger partial charge in [-0.15, -0.1) is 0 Å². The number of ether oxygens (including phenoxy) is 1. The van der Waals surface area contributed by atoms with Gasteiger partial charge in [0, 0.05) is 18.9 Å². The van der Waals surface area contributed by atoms with Gasteiger partial charge in [-0.05, 0) is 17.5 Å². The summed E-state index contributed by atoms with van der Waals surface area (Å²) in [6.45, 7) is 0.982. The van der Waals surface area contributed by atoms with Crippen LogP contribution >= 0.6 is 0 Å². The third-order valence-corrected chi connectivity index (χ3v) is 4.32. The highest BCUT2D eigenvalue weighted by molar-refractivity contribution is 5.87. The van der Waals surface area contributed by atoms with E-state index in [1.165, 1.54) is 16.0 Å². The molecule has 4 nitrogen and oxygen atoms in total. The van der Waals surface area contributed by atoms with E-state index in [9.17, 15) is 9.59 Å². The lowest BCUT2D eigenvalue weighted by molar-refractivity contribution is -0.116. The Kier molecular flexibility index (Phi) is 5.26. The summed E-state index contributed by atoms with van der Waals surface area (Å²) < 4.78 is 5.38. The minimum Gasteiger partial charge on any atom is -0.449 e. The second-order valence-corrected chi connectivity index (χ2v) is 5.99. The van der Waals surface area contributed by atoms with Gasteiger partial charge in [0.15, 0.2) is 5.78 Å². The quantitative estimate of drug-likeness (QED) is 0.844. The first-order chi connectivity index (χ1) is 11.7. The van der Waals surface area contributed by atoms with Crippen molar-refractivity contribution >= 4 is 11.9 Å². The maximum Gasteiger partial charge on any atom is 0.410 e. The average molecular weight is 323 g/mol. The van der Waals surface area contributed by atoms with Crippen molar-refractivity contribution in [1.29, 1.82) is 0 Å². The third-order valence-electron chi connectivity index (χ3n) is 4.32. The van der Waals surface area contributed by atoms with Gasteiger partial charge in [-0.1, -0.05) is 60.7 Å². The number of nitrogens with zero attached hydrogens (tertiary/aromatic N) is 1. The first-order valence-corrected chi connectivity index (χ1v) is 8.27. The molecule has 2 aromatic carbocycles. The Morgan fingerprint density at radius 3 is 2.08 bits per heavy atom. The van der Waals surface area contributed by atoms with Gasteiger partial charge in [0.1, 0.15) is 0 Å². The van der Waals surface area contributed by atoms with Crippen LogP contribution in [0.1, 0.15) is 29.9 Å². The average Bonchev–Trinajstić information content (AvgIpc) is 3.07. The van der Waals surface area contributed by atoms with Gasteiger partial charge in [0.25, 0.3) is 0 Å². The van der Waals surface area contributed by atoms with Crippen LogP contribution in [-0.2, 0) is 9.53 Å². The Balaban J connectivity index is 1.63. The summed E-state index contributed by atoms with van der Waals surface area (Å²) in [5.74, 6) is 0.277. The van der Waals surface area contributed by atoms with E-state index in [-0.39, 0.29) is 24.3 Å². The maximum absolute atomic E-state index is 12.0. The minimum absolute atomic E-state index is 0.0957. The molecule has 2 aromatic rings. The first kappa shape index (κ1) is 16.2. The summed E-state index contributed by atoms with van der Waals surface area (Å²) in [5.41, 5.74) is 2.41. The number of ketones is 1. The van der Waals surface area contributed by atoms with Crippen molar-refractivity contribution in [3.8, 4) is 0 Å². The Hall–Kier alpha value is -2.62. The summed E-state index contributed by atoms with van der Waals surface area (Å²) in [6, 6.07) is 20.5. The standard InChI is InChI=1S/C20H21NO3/c22-18-11-13-21(15-18)20(23)24-14-12-19(16-7-3-1-4-8-16)17-9-5-2-6-10-17/h1-10,19H,11-15H2. The van der Waals surface area contributed by atoms with Gasteiger partial charge in [-0.3, -0.25) is 4.79 Å². The predicted octanol–water partition coefficient (Wildman–Crippen LogP) is 3.62. The van der Waals surface area contributed by atoms with E-state index < -0.39 is 0 Å². The zero-order valence-electron chi connectivity index (χ0n) is 13.6. The number of rotatable bonds is 5. The lowest BCUT2D eigenvalue weighted by Gasteiger charge is -2.19. The van der Waals surface area contributed by atoms with Crippen LogP contribution in [0.2, 0.25) is 0 Å². The molecule has 1 aliphatic heterocycles. The zero-order chi connectivity index (χ0) is 16.8. The topological polar surface area (TPSA) is 46.6 Å². The van der Waals surface area contributed by atoms with E-state index in [0.29, 0.717) is 26.0 Å². The number of carbonyl (C=O) groups excluding carboxylic acids is 2. The molecule has 1 heterocycles. The SMILES string of the molecule is O=C1CCN(C(=O)OCCC(c2ccccc2)c2ccccc2)C1. The molecule has 0 atom stereocenters. The second kappa shape index (κ2) is 7.77. The highest BCUT2D eigenvalue weighted by atomic mass is 16.6. The van der Waals surface area contributed by atoms with Crippen LogP contribution in [0, 0.1) is 0 Å². The molecule has 4 heteroatoms. The Labute approximate surface area is 142 Å². The molecule has 1 fully saturated rings. The zero-order valence-corrected chi connectivity index (χ0v) is 13.6. The Morgan fingerprint density at radius 1 is 1.00 bits per heavy atom. The molecule has 0 aromatic heterocycles. The largest absolute Gasteiger partial charge is 0.449 e. The molecule has 1 aliphatic rings. The summed E-state index contributed by atoms with van der Waals surface area (Å²) in [6.07, 6.45) is 0.758. The maximum atomic E-state index is 12.0. The second-order valence-electron chi connectivity index (χ2n) is 5.99. The van der Waals surface area contributed by atoms with Gasteiger partial charge in [-0.25, -0.2) is 4.79 Å². The van der Waals surface area contributed by atoms with Crippen LogP contribution in [0.25, 0.3) is 0 Å². The summed E-state index contributed by atoms with van der Waals surface area (Å²) in [5, 5.41) is 0. The number of Topliss-reactive ketones (excluding diaryl/α,β-unsaturated/α-hetero) is 1. The lowest BCUT2D eigenvalue weighted by Crippen LogP contribution is -2.29. The first-order valence-electron chi connectivity index (χ1n) is 8.27. The van der Waals surface area contributed by atoms with Crippen LogP contribution in [0.15, 0.2) is 60.7 Å². The fourth-order valence-corrected chi connectivity index (χ4v) is 3.04. The number of amides is 1. The molecule has 3 rings (SSSR count). The molecule has 124 valence electrons. The van der Waals surface area contributed by atoms with Crippen LogP contribution in [0.4, 0.5) is 4.79 Å². The Morgan fingerprint density at radius 2 is 1.58 bits per heavy atom. The number of hydrogen-bond donors (Lipinski definition) is 0. The molecule has 0 saturated carbocycles. The molecule has 1 amide bonds. The number of likely N-dealkylation sites (tertiary alicyclic amines) is 1. The van der Waals surface area contributed by atoms with E-state index in [4.69, 9.17) is 4.74 Å². The van der Waals surface area contributed by atoms with Crippen molar-refractivity contribution in [2.24, 2.45) is 0 Å². The van der Waals surface area contributed by atoms with Gasteiger partial charge < -0.3 is 9.64 Å². The third kappa shape index (κ3) is 4.02. The van der Waals surface area contributed by atoms with E-state index in [0.717, 1.165) is 0 Å². The van der Waals surface area contributed by atoms with Crippen molar-refractivity contribution in [3.63, 3.8) is 0 Å². The summed E-state index contributed by atoms with van der Waals surface area (Å²) in [7, 11) is 0. The van der Waals surface area contributed by atoms with E-state index in [1.807, 2.05) is 36.4 Å². The van der Waals surface area contributed by atoms with Gasteiger partial charge in [-0.2, -0.15) is 0 Å². The van der Waals surface area contributed by atoms with Gasteiger partial charge in [0.05, 0.1) is 13.2 Å². The summed E-state index contributed by atoms with van der Waals surface area (Å²) >= 11 is 0. The van der Waals surface area contributed by atoms with E-state index >= 15 is 0 Å². The van der Waals surface area contributed by atoms with Crippen LogP contribution in [-0.4, -0.2) is 36.5 Å². The highest BCUT2D eigenvalue weighted by Crippen LogP contribution is 2.27.